The average Bonchev–Trinajstić information content (AvgIpc) is 2.98. The Morgan fingerprint density at radius 1 is 0.966 bits per heavy atom. The lowest BCUT2D eigenvalue weighted by molar-refractivity contribution is 0.0652. The molecule has 2 amide bonds. The molecule has 0 atom stereocenters. The van der Waals surface area contributed by atoms with Crippen molar-refractivity contribution < 1.29 is 9.59 Å². The van der Waals surface area contributed by atoms with Crippen LogP contribution in [-0.2, 0) is 6.54 Å². The molecule has 0 saturated heterocycles. The molecular weight excluding hydrogens is 364 g/mol. The summed E-state index contributed by atoms with van der Waals surface area (Å²) < 4.78 is 0. The number of fused-ring (bicyclic) bond motifs is 1. The van der Waals surface area contributed by atoms with E-state index in [0.29, 0.717) is 24.2 Å². The molecule has 29 heavy (non-hydrogen) atoms. The minimum absolute atomic E-state index is 0.190. The van der Waals surface area contributed by atoms with Crippen molar-refractivity contribution in [1.82, 2.24) is 15.1 Å². The molecule has 0 aromatic heterocycles. The molecule has 0 spiro atoms. The summed E-state index contributed by atoms with van der Waals surface area (Å²) in [5.74, 6) is 0.479. The zero-order chi connectivity index (χ0) is 20.6. The van der Waals surface area contributed by atoms with E-state index in [0.717, 1.165) is 31.9 Å². The highest BCUT2D eigenvalue weighted by Crippen LogP contribution is 2.22. The van der Waals surface area contributed by atoms with Crippen molar-refractivity contribution in [3.8, 4) is 0 Å². The molecule has 0 fully saturated rings. The number of carbonyl (C=O) groups excluding carboxylic acids is 2. The molecule has 6 nitrogen and oxygen atoms in total. The van der Waals surface area contributed by atoms with Crippen molar-refractivity contribution in [1.29, 1.82) is 0 Å². The summed E-state index contributed by atoms with van der Waals surface area (Å²) in [5, 5.41) is 3.32. The van der Waals surface area contributed by atoms with Gasteiger partial charge >= 0.3 is 0 Å². The average molecular weight is 393 g/mol. The zero-order valence-corrected chi connectivity index (χ0v) is 17.1. The van der Waals surface area contributed by atoms with Gasteiger partial charge in [-0.3, -0.25) is 19.5 Å². The third-order valence-electron chi connectivity index (χ3n) is 4.89. The number of hydrogen-bond donors (Lipinski definition) is 1. The molecular formula is C23H28N4O2. The fourth-order valence-electron chi connectivity index (χ4n) is 3.41. The number of amides is 2. The lowest BCUT2D eigenvalue weighted by Gasteiger charge is -2.22. The van der Waals surface area contributed by atoms with Gasteiger partial charge in [0.2, 0.25) is 0 Å². The zero-order valence-electron chi connectivity index (χ0n) is 17.1. The van der Waals surface area contributed by atoms with E-state index in [1.165, 1.54) is 10.5 Å². The number of benzene rings is 2. The summed E-state index contributed by atoms with van der Waals surface area (Å²) >= 11 is 0. The first-order chi connectivity index (χ1) is 14.1. The molecule has 2 aromatic rings. The van der Waals surface area contributed by atoms with Gasteiger partial charge in [0.05, 0.1) is 11.1 Å². The highest BCUT2D eigenvalue weighted by atomic mass is 16.2. The first-order valence-corrected chi connectivity index (χ1v) is 10.1. The standard InChI is InChI=1S/C23H28N4O2/c1-3-24-23(26(2)17-18-11-5-4-6-12-18)25-15-9-10-16-27-21(28)19-13-7-8-14-20(19)22(27)29/h4-8,11-14H,3,9-10,15-17H2,1-2H3,(H,24,25). The van der Waals surface area contributed by atoms with Gasteiger partial charge in [-0.25, -0.2) is 0 Å². The van der Waals surface area contributed by atoms with Crippen molar-refractivity contribution in [2.75, 3.05) is 26.7 Å². The number of aliphatic imine (C=N–C) groups is 1. The molecule has 2 aromatic carbocycles. The van der Waals surface area contributed by atoms with Gasteiger partial charge < -0.3 is 10.2 Å². The third-order valence-corrected chi connectivity index (χ3v) is 4.89. The number of rotatable bonds is 8. The fourth-order valence-corrected chi connectivity index (χ4v) is 3.41. The Bertz CT molecular complexity index is 844. The van der Waals surface area contributed by atoms with Crippen LogP contribution in [0.15, 0.2) is 59.6 Å². The number of hydrogen-bond acceptors (Lipinski definition) is 3. The van der Waals surface area contributed by atoms with Gasteiger partial charge in [0.1, 0.15) is 0 Å². The summed E-state index contributed by atoms with van der Waals surface area (Å²) in [7, 11) is 2.02. The SMILES string of the molecule is CCNC(=NCCCCN1C(=O)c2ccccc2C1=O)N(C)Cc1ccccc1. The second-order valence-corrected chi connectivity index (χ2v) is 7.09. The Morgan fingerprint density at radius 2 is 1.59 bits per heavy atom. The van der Waals surface area contributed by atoms with Crippen LogP contribution in [0.5, 0.6) is 0 Å². The van der Waals surface area contributed by atoms with Crippen LogP contribution in [0.2, 0.25) is 0 Å². The van der Waals surface area contributed by atoms with Crippen molar-refractivity contribution >= 4 is 17.8 Å². The molecule has 0 unspecified atom stereocenters. The van der Waals surface area contributed by atoms with E-state index in [4.69, 9.17) is 4.99 Å². The molecule has 1 N–H and O–H groups in total. The minimum Gasteiger partial charge on any atom is -0.357 e. The third kappa shape index (κ3) is 5.02. The molecule has 0 radical (unpaired) electrons. The van der Waals surface area contributed by atoms with Gasteiger partial charge in [-0.1, -0.05) is 42.5 Å². The smallest absolute Gasteiger partial charge is 0.261 e. The first kappa shape index (κ1) is 20.6. The van der Waals surface area contributed by atoms with Crippen molar-refractivity contribution in [2.45, 2.75) is 26.3 Å². The van der Waals surface area contributed by atoms with Gasteiger partial charge in [-0.15, -0.1) is 0 Å². The van der Waals surface area contributed by atoms with Gasteiger partial charge in [0, 0.05) is 33.2 Å². The van der Waals surface area contributed by atoms with Crippen LogP contribution in [0.1, 0.15) is 46.0 Å². The Labute approximate surface area is 172 Å². The van der Waals surface area contributed by atoms with E-state index in [2.05, 4.69) is 22.3 Å². The Morgan fingerprint density at radius 3 is 2.21 bits per heavy atom. The van der Waals surface area contributed by atoms with Crippen LogP contribution in [0, 0.1) is 0 Å². The van der Waals surface area contributed by atoms with E-state index in [9.17, 15) is 9.59 Å². The summed E-state index contributed by atoms with van der Waals surface area (Å²) in [4.78, 5) is 32.9. The van der Waals surface area contributed by atoms with Crippen molar-refractivity contribution in [2.24, 2.45) is 4.99 Å². The quantitative estimate of drug-likeness (QED) is 0.324. The maximum absolute atomic E-state index is 12.4. The molecule has 1 aliphatic heterocycles. The first-order valence-electron chi connectivity index (χ1n) is 10.1. The van der Waals surface area contributed by atoms with Crippen LogP contribution in [0.3, 0.4) is 0 Å². The molecule has 0 aliphatic carbocycles. The molecule has 152 valence electrons. The Hall–Kier alpha value is -3.15. The van der Waals surface area contributed by atoms with Crippen molar-refractivity contribution in [3.63, 3.8) is 0 Å². The van der Waals surface area contributed by atoms with Crippen LogP contribution in [-0.4, -0.2) is 54.3 Å². The minimum atomic E-state index is -0.190. The number of nitrogens with zero attached hydrogens (tertiary/aromatic N) is 3. The number of unbranched alkanes of at least 4 members (excludes halogenated alkanes) is 1. The molecule has 6 heteroatoms. The Balaban J connectivity index is 1.49. The molecule has 0 saturated carbocycles. The van der Waals surface area contributed by atoms with Crippen LogP contribution in [0.4, 0.5) is 0 Å². The molecule has 1 aliphatic rings. The predicted octanol–water partition coefficient (Wildman–Crippen LogP) is 3.16. The second-order valence-electron chi connectivity index (χ2n) is 7.09. The van der Waals surface area contributed by atoms with E-state index in [1.807, 2.05) is 32.2 Å². The lowest BCUT2D eigenvalue weighted by atomic mass is 10.1. The summed E-state index contributed by atoms with van der Waals surface area (Å²) in [5.41, 5.74) is 2.24. The van der Waals surface area contributed by atoms with E-state index in [1.54, 1.807) is 24.3 Å². The highest BCUT2D eigenvalue weighted by Gasteiger charge is 2.34. The predicted molar refractivity (Wildman–Crippen MR) is 115 cm³/mol. The topological polar surface area (TPSA) is 65.0 Å². The van der Waals surface area contributed by atoms with Gasteiger partial charge in [-0.05, 0) is 37.5 Å². The number of carbonyl (C=O) groups is 2. The molecule has 3 rings (SSSR count). The van der Waals surface area contributed by atoms with Crippen LogP contribution < -0.4 is 5.32 Å². The number of nitrogens with one attached hydrogen (secondary N) is 1. The highest BCUT2D eigenvalue weighted by molar-refractivity contribution is 6.21. The summed E-state index contributed by atoms with van der Waals surface area (Å²) in [6.07, 6.45) is 1.54. The van der Waals surface area contributed by atoms with E-state index in [-0.39, 0.29) is 11.8 Å². The number of guanidine groups is 1. The maximum Gasteiger partial charge on any atom is 0.261 e. The summed E-state index contributed by atoms with van der Waals surface area (Å²) in [6, 6.07) is 17.3. The van der Waals surface area contributed by atoms with Crippen LogP contribution >= 0.6 is 0 Å². The normalized spacial score (nSPS) is 13.6. The number of imide groups is 1. The molecule has 0 bridgehead atoms. The van der Waals surface area contributed by atoms with Crippen molar-refractivity contribution in [3.05, 3.63) is 71.3 Å². The van der Waals surface area contributed by atoms with Crippen LogP contribution in [0.25, 0.3) is 0 Å². The van der Waals surface area contributed by atoms with E-state index < -0.39 is 0 Å². The second kappa shape index (κ2) is 9.87. The van der Waals surface area contributed by atoms with E-state index >= 15 is 0 Å². The lowest BCUT2D eigenvalue weighted by Crippen LogP contribution is -2.38. The Kier molecular flexibility index (Phi) is 7.00. The largest absolute Gasteiger partial charge is 0.357 e. The monoisotopic (exact) mass is 392 g/mol. The van der Waals surface area contributed by atoms with Gasteiger partial charge in [-0.2, -0.15) is 0 Å². The fraction of sp³-hybridized carbons (Fsp3) is 0.348. The van der Waals surface area contributed by atoms with Gasteiger partial charge in [0.15, 0.2) is 5.96 Å². The maximum atomic E-state index is 12.4. The summed E-state index contributed by atoms with van der Waals surface area (Å²) in [6.45, 7) is 4.70. The van der Waals surface area contributed by atoms with Gasteiger partial charge in [0.25, 0.3) is 11.8 Å². The molecule has 1 heterocycles.